The average Bonchev–Trinajstić information content (AvgIpc) is 2.98. The fourth-order valence-corrected chi connectivity index (χ4v) is 2.28. The van der Waals surface area contributed by atoms with Crippen molar-refractivity contribution in [2.45, 2.75) is 33.2 Å². The maximum atomic E-state index is 4.63. The maximum absolute atomic E-state index is 4.63. The van der Waals surface area contributed by atoms with E-state index in [0.717, 1.165) is 35.6 Å². The van der Waals surface area contributed by atoms with Crippen molar-refractivity contribution in [1.29, 1.82) is 0 Å². The molecular formula is C16H21N7. The lowest BCUT2D eigenvalue weighted by Gasteiger charge is -2.11. The molecule has 0 fully saturated rings. The van der Waals surface area contributed by atoms with Crippen molar-refractivity contribution < 1.29 is 0 Å². The first-order valence-corrected chi connectivity index (χ1v) is 7.84. The van der Waals surface area contributed by atoms with Gasteiger partial charge < -0.3 is 15.2 Å². The molecule has 0 atom stereocenters. The van der Waals surface area contributed by atoms with Crippen LogP contribution in [0, 0.1) is 0 Å². The summed E-state index contributed by atoms with van der Waals surface area (Å²) in [5.41, 5.74) is 2.47. The Hall–Kier alpha value is -2.70. The standard InChI is InChI=1S/C16H21N7/c1-4-7-18-14-13-15(23(10-19-13)11(2)3)22-16(21-14)20-12-6-5-8-17-9-12/h5-6,8-11H,4,7H2,1-3H3,(H2,18,20,21,22). The van der Waals surface area contributed by atoms with E-state index in [0.29, 0.717) is 5.95 Å². The highest BCUT2D eigenvalue weighted by atomic mass is 15.2. The van der Waals surface area contributed by atoms with Crippen LogP contribution in [0.5, 0.6) is 0 Å². The Morgan fingerprint density at radius 1 is 1.26 bits per heavy atom. The molecule has 7 nitrogen and oxygen atoms in total. The van der Waals surface area contributed by atoms with Gasteiger partial charge in [-0.1, -0.05) is 6.92 Å². The van der Waals surface area contributed by atoms with Gasteiger partial charge in [-0.05, 0) is 32.4 Å². The number of fused-ring (bicyclic) bond motifs is 1. The highest BCUT2D eigenvalue weighted by Gasteiger charge is 2.14. The van der Waals surface area contributed by atoms with Crippen LogP contribution in [0.25, 0.3) is 11.2 Å². The molecule has 120 valence electrons. The minimum Gasteiger partial charge on any atom is -0.368 e. The fourth-order valence-electron chi connectivity index (χ4n) is 2.28. The zero-order valence-corrected chi connectivity index (χ0v) is 13.6. The Morgan fingerprint density at radius 2 is 2.13 bits per heavy atom. The predicted octanol–water partition coefficient (Wildman–Crippen LogP) is 3.37. The van der Waals surface area contributed by atoms with Crippen LogP contribution in [-0.2, 0) is 0 Å². The van der Waals surface area contributed by atoms with Crippen LogP contribution in [0.1, 0.15) is 33.2 Å². The Morgan fingerprint density at radius 3 is 2.83 bits per heavy atom. The third-order valence-electron chi connectivity index (χ3n) is 3.44. The summed E-state index contributed by atoms with van der Waals surface area (Å²) in [5, 5.41) is 6.54. The molecule has 3 rings (SSSR count). The molecule has 0 radical (unpaired) electrons. The second kappa shape index (κ2) is 6.60. The van der Waals surface area contributed by atoms with Crippen LogP contribution in [0.15, 0.2) is 30.9 Å². The number of aromatic nitrogens is 5. The lowest BCUT2D eigenvalue weighted by Crippen LogP contribution is -2.08. The highest BCUT2D eigenvalue weighted by molar-refractivity contribution is 5.84. The molecular weight excluding hydrogens is 290 g/mol. The number of hydrogen-bond donors (Lipinski definition) is 2. The molecule has 3 heterocycles. The molecule has 0 unspecified atom stereocenters. The molecule has 0 aliphatic heterocycles. The van der Waals surface area contributed by atoms with E-state index in [1.165, 1.54) is 0 Å². The van der Waals surface area contributed by atoms with Gasteiger partial charge in [-0.15, -0.1) is 0 Å². The Bertz CT molecular complexity index is 780. The van der Waals surface area contributed by atoms with Crippen molar-refractivity contribution in [1.82, 2.24) is 24.5 Å². The van der Waals surface area contributed by atoms with E-state index < -0.39 is 0 Å². The first kappa shape index (κ1) is 15.2. The van der Waals surface area contributed by atoms with E-state index >= 15 is 0 Å². The molecule has 23 heavy (non-hydrogen) atoms. The number of nitrogens with zero attached hydrogens (tertiary/aromatic N) is 5. The summed E-state index contributed by atoms with van der Waals surface area (Å²) in [4.78, 5) is 17.8. The molecule has 0 amide bonds. The number of hydrogen-bond acceptors (Lipinski definition) is 6. The second-order valence-electron chi connectivity index (χ2n) is 5.61. The van der Waals surface area contributed by atoms with Crippen molar-refractivity contribution in [3.8, 4) is 0 Å². The Balaban J connectivity index is 2.05. The zero-order chi connectivity index (χ0) is 16.2. The molecule has 0 saturated heterocycles. The van der Waals surface area contributed by atoms with Crippen LogP contribution in [0.2, 0.25) is 0 Å². The van der Waals surface area contributed by atoms with Gasteiger partial charge in [0.15, 0.2) is 17.0 Å². The monoisotopic (exact) mass is 311 g/mol. The lowest BCUT2D eigenvalue weighted by atomic mass is 10.4. The normalized spacial score (nSPS) is 11.1. The van der Waals surface area contributed by atoms with Gasteiger partial charge in [0.05, 0.1) is 18.2 Å². The molecule has 0 aliphatic carbocycles. The van der Waals surface area contributed by atoms with Crippen molar-refractivity contribution in [2.24, 2.45) is 0 Å². The first-order chi connectivity index (χ1) is 11.2. The first-order valence-electron chi connectivity index (χ1n) is 7.84. The summed E-state index contributed by atoms with van der Waals surface area (Å²) >= 11 is 0. The third-order valence-corrected chi connectivity index (χ3v) is 3.44. The molecule has 7 heteroatoms. The molecule has 0 spiro atoms. The minimum atomic E-state index is 0.278. The van der Waals surface area contributed by atoms with Gasteiger partial charge in [-0.2, -0.15) is 9.97 Å². The molecule has 3 aromatic rings. The van der Waals surface area contributed by atoms with E-state index in [4.69, 9.17) is 0 Å². The smallest absolute Gasteiger partial charge is 0.231 e. The van der Waals surface area contributed by atoms with E-state index in [1.807, 2.05) is 23.0 Å². The van der Waals surface area contributed by atoms with E-state index in [2.05, 4.69) is 51.3 Å². The van der Waals surface area contributed by atoms with Gasteiger partial charge in [0, 0.05) is 18.8 Å². The van der Waals surface area contributed by atoms with E-state index in [9.17, 15) is 0 Å². The largest absolute Gasteiger partial charge is 0.368 e. The topological polar surface area (TPSA) is 80.6 Å². The second-order valence-corrected chi connectivity index (χ2v) is 5.61. The van der Waals surface area contributed by atoms with Gasteiger partial charge >= 0.3 is 0 Å². The van der Waals surface area contributed by atoms with Crippen LogP contribution in [0.3, 0.4) is 0 Å². The summed E-state index contributed by atoms with van der Waals surface area (Å²) in [7, 11) is 0. The summed E-state index contributed by atoms with van der Waals surface area (Å²) in [6.45, 7) is 7.17. The highest BCUT2D eigenvalue weighted by Crippen LogP contribution is 2.24. The number of anilines is 3. The number of imidazole rings is 1. The summed E-state index contributed by atoms with van der Waals surface area (Å²) in [6.07, 6.45) is 6.31. The van der Waals surface area contributed by atoms with Crippen LogP contribution in [0.4, 0.5) is 17.5 Å². The van der Waals surface area contributed by atoms with Crippen LogP contribution >= 0.6 is 0 Å². The Kier molecular flexibility index (Phi) is 4.36. The van der Waals surface area contributed by atoms with Crippen LogP contribution in [-0.4, -0.2) is 31.0 Å². The molecule has 0 saturated carbocycles. The molecule has 3 aromatic heterocycles. The summed E-state index contributed by atoms with van der Waals surface area (Å²) in [5.74, 6) is 1.29. The van der Waals surface area contributed by atoms with Gasteiger partial charge in [-0.25, -0.2) is 4.98 Å². The number of rotatable bonds is 6. The molecule has 0 aromatic carbocycles. The average molecular weight is 311 g/mol. The molecule has 2 N–H and O–H groups in total. The van der Waals surface area contributed by atoms with Gasteiger partial charge in [-0.3, -0.25) is 4.98 Å². The van der Waals surface area contributed by atoms with Crippen molar-refractivity contribution >= 4 is 28.6 Å². The molecule has 0 bridgehead atoms. The van der Waals surface area contributed by atoms with Gasteiger partial charge in [0.25, 0.3) is 0 Å². The minimum absolute atomic E-state index is 0.278. The lowest BCUT2D eigenvalue weighted by molar-refractivity contribution is 0.613. The van der Waals surface area contributed by atoms with E-state index in [-0.39, 0.29) is 6.04 Å². The summed E-state index contributed by atoms with van der Waals surface area (Å²) < 4.78 is 2.04. The van der Waals surface area contributed by atoms with Crippen molar-refractivity contribution in [2.75, 3.05) is 17.2 Å². The maximum Gasteiger partial charge on any atom is 0.231 e. The zero-order valence-electron chi connectivity index (χ0n) is 13.6. The van der Waals surface area contributed by atoms with Crippen molar-refractivity contribution in [3.63, 3.8) is 0 Å². The number of nitrogens with one attached hydrogen (secondary N) is 2. The fraction of sp³-hybridized carbons (Fsp3) is 0.375. The SMILES string of the molecule is CCCNc1nc(Nc2cccnc2)nc2c1ncn2C(C)C. The predicted molar refractivity (Wildman–Crippen MR) is 92.0 cm³/mol. The molecule has 0 aliphatic rings. The van der Waals surface area contributed by atoms with Crippen molar-refractivity contribution in [3.05, 3.63) is 30.9 Å². The van der Waals surface area contributed by atoms with Gasteiger partial charge in [0.2, 0.25) is 5.95 Å². The van der Waals surface area contributed by atoms with Crippen LogP contribution < -0.4 is 10.6 Å². The van der Waals surface area contributed by atoms with E-state index in [1.54, 1.807) is 12.4 Å². The quantitative estimate of drug-likeness (QED) is 0.726. The third kappa shape index (κ3) is 3.23. The van der Waals surface area contributed by atoms with Gasteiger partial charge in [0.1, 0.15) is 0 Å². The number of pyridine rings is 1. The Labute approximate surface area is 135 Å². The summed E-state index contributed by atoms with van der Waals surface area (Å²) in [6, 6.07) is 4.08.